The number of nitrogens with one attached hydrogen (secondary N) is 2. The largest absolute Gasteiger partial charge is 0.351 e. The Hall–Kier alpha value is -2.20. The summed E-state index contributed by atoms with van der Waals surface area (Å²) in [6.45, 7) is 2.40. The van der Waals surface area contributed by atoms with E-state index in [0.717, 1.165) is 5.56 Å². The first-order valence-electron chi connectivity index (χ1n) is 6.95. The number of carbonyl (C=O) groups is 1. The molecule has 0 saturated heterocycles. The van der Waals surface area contributed by atoms with E-state index in [2.05, 4.69) is 10.6 Å². The van der Waals surface area contributed by atoms with Crippen molar-refractivity contribution in [2.45, 2.75) is 19.5 Å². The molecule has 0 aliphatic rings. The molecular formula is C17H19FN2O. The van der Waals surface area contributed by atoms with Crippen molar-refractivity contribution >= 4 is 5.91 Å². The van der Waals surface area contributed by atoms with E-state index in [1.54, 1.807) is 18.2 Å². The second kappa shape index (κ2) is 7.55. The molecule has 0 heterocycles. The van der Waals surface area contributed by atoms with Gasteiger partial charge in [-0.3, -0.25) is 4.79 Å². The molecule has 0 aliphatic heterocycles. The third-order valence-electron chi connectivity index (χ3n) is 3.30. The number of rotatable bonds is 6. The van der Waals surface area contributed by atoms with Crippen molar-refractivity contribution in [2.24, 2.45) is 0 Å². The van der Waals surface area contributed by atoms with Gasteiger partial charge in [-0.15, -0.1) is 0 Å². The van der Waals surface area contributed by atoms with Crippen molar-refractivity contribution in [3.05, 3.63) is 71.5 Å². The molecular weight excluding hydrogens is 267 g/mol. The van der Waals surface area contributed by atoms with Crippen LogP contribution in [0, 0.1) is 5.82 Å². The molecule has 0 aliphatic carbocycles. The SMILES string of the molecule is C[C@@H](NCC(=O)NCc1ccccc1F)c1ccccc1. The van der Waals surface area contributed by atoms with E-state index in [0.29, 0.717) is 5.56 Å². The van der Waals surface area contributed by atoms with E-state index in [-0.39, 0.29) is 30.9 Å². The molecule has 1 atom stereocenters. The highest BCUT2D eigenvalue weighted by molar-refractivity contribution is 5.78. The summed E-state index contributed by atoms with van der Waals surface area (Å²) < 4.78 is 13.4. The fourth-order valence-electron chi connectivity index (χ4n) is 2.00. The van der Waals surface area contributed by atoms with Crippen LogP contribution < -0.4 is 10.6 Å². The third-order valence-corrected chi connectivity index (χ3v) is 3.30. The van der Waals surface area contributed by atoms with Crippen LogP contribution in [-0.4, -0.2) is 12.5 Å². The molecule has 3 nitrogen and oxygen atoms in total. The number of hydrogen-bond donors (Lipinski definition) is 2. The van der Waals surface area contributed by atoms with Crippen molar-refractivity contribution < 1.29 is 9.18 Å². The lowest BCUT2D eigenvalue weighted by Crippen LogP contribution is -2.34. The minimum atomic E-state index is -0.302. The molecule has 1 amide bonds. The second-order valence-electron chi connectivity index (χ2n) is 4.88. The summed E-state index contributed by atoms with van der Waals surface area (Å²) in [7, 11) is 0. The normalized spacial score (nSPS) is 11.9. The van der Waals surface area contributed by atoms with Crippen molar-refractivity contribution in [2.75, 3.05) is 6.54 Å². The monoisotopic (exact) mass is 286 g/mol. The van der Waals surface area contributed by atoms with Gasteiger partial charge in [0.25, 0.3) is 0 Å². The Labute approximate surface area is 124 Å². The van der Waals surface area contributed by atoms with Gasteiger partial charge < -0.3 is 10.6 Å². The van der Waals surface area contributed by atoms with Crippen LogP contribution in [0.3, 0.4) is 0 Å². The molecule has 0 unspecified atom stereocenters. The van der Waals surface area contributed by atoms with Crippen LogP contribution in [0.15, 0.2) is 54.6 Å². The summed E-state index contributed by atoms with van der Waals surface area (Å²) in [5.74, 6) is -0.454. The first kappa shape index (κ1) is 15.2. The molecule has 0 spiro atoms. The fourth-order valence-corrected chi connectivity index (χ4v) is 2.00. The van der Waals surface area contributed by atoms with E-state index in [1.165, 1.54) is 6.07 Å². The standard InChI is InChI=1S/C17H19FN2O/c1-13(14-7-3-2-4-8-14)19-12-17(21)20-11-15-9-5-6-10-16(15)18/h2-10,13,19H,11-12H2,1H3,(H,20,21)/t13-/m1/s1. The highest BCUT2D eigenvalue weighted by atomic mass is 19.1. The van der Waals surface area contributed by atoms with Crippen molar-refractivity contribution in [1.29, 1.82) is 0 Å². The molecule has 0 saturated carbocycles. The molecule has 21 heavy (non-hydrogen) atoms. The topological polar surface area (TPSA) is 41.1 Å². The summed E-state index contributed by atoms with van der Waals surface area (Å²) in [6.07, 6.45) is 0. The maximum atomic E-state index is 13.4. The lowest BCUT2D eigenvalue weighted by molar-refractivity contribution is -0.120. The van der Waals surface area contributed by atoms with Gasteiger partial charge in [-0.25, -0.2) is 4.39 Å². The first-order valence-corrected chi connectivity index (χ1v) is 6.95. The number of carbonyl (C=O) groups excluding carboxylic acids is 1. The Morgan fingerprint density at radius 2 is 1.76 bits per heavy atom. The van der Waals surface area contributed by atoms with E-state index in [1.807, 2.05) is 37.3 Å². The van der Waals surface area contributed by atoms with Crippen LogP contribution in [0.1, 0.15) is 24.1 Å². The molecule has 2 aromatic carbocycles. The predicted octanol–water partition coefficient (Wildman–Crippen LogP) is 2.79. The number of amides is 1. The Morgan fingerprint density at radius 1 is 1.10 bits per heavy atom. The minimum Gasteiger partial charge on any atom is -0.351 e. The average molecular weight is 286 g/mol. The smallest absolute Gasteiger partial charge is 0.234 e. The number of halogens is 1. The fraction of sp³-hybridized carbons (Fsp3) is 0.235. The van der Waals surface area contributed by atoms with Gasteiger partial charge in [0.05, 0.1) is 6.54 Å². The van der Waals surface area contributed by atoms with Crippen LogP contribution in [0.4, 0.5) is 4.39 Å². The molecule has 0 fully saturated rings. The lowest BCUT2D eigenvalue weighted by Gasteiger charge is -2.14. The number of benzene rings is 2. The summed E-state index contributed by atoms with van der Waals surface area (Å²) in [5, 5.41) is 5.85. The molecule has 2 aromatic rings. The van der Waals surface area contributed by atoms with Gasteiger partial charge in [0.15, 0.2) is 0 Å². The number of hydrogen-bond acceptors (Lipinski definition) is 2. The lowest BCUT2D eigenvalue weighted by atomic mass is 10.1. The van der Waals surface area contributed by atoms with Gasteiger partial charge in [-0.2, -0.15) is 0 Å². The molecule has 110 valence electrons. The zero-order valence-corrected chi connectivity index (χ0v) is 12.0. The van der Waals surface area contributed by atoms with Gasteiger partial charge in [0.2, 0.25) is 5.91 Å². The van der Waals surface area contributed by atoms with E-state index < -0.39 is 0 Å². The van der Waals surface area contributed by atoms with E-state index in [4.69, 9.17) is 0 Å². The predicted molar refractivity (Wildman–Crippen MR) is 81.1 cm³/mol. The average Bonchev–Trinajstić information content (AvgIpc) is 2.52. The molecule has 0 radical (unpaired) electrons. The molecule has 2 rings (SSSR count). The van der Waals surface area contributed by atoms with Crippen molar-refractivity contribution in [3.63, 3.8) is 0 Å². The second-order valence-corrected chi connectivity index (χ2v) is 4.88. The zero-order valence-electron chi connectivity index (χ0n) is 12.0. The Morgan fingerprint density at radius 3 is 2.48 bits per heavy atom. The maximum absolute atomic E-state index is 13.4. The van der Waals surface area contributed by atoms with E-state index >= 15 is 0 Å². The van der Waals surface area contributed by atoms with Crippen molar-refractivity contribution in [1.82, 2.24) is 10.6 Å². The third kappa shape index (κ3) is 4.68. The van der Waals surface area contributed by atoms with Gasteiger partial charge in [-0.1, -0.05) is 48.5 Å². The van der Waals surface area contributed by atoms with Crippen LogP contribution in [0.25, 0.3) is 0 Å². The summed E-state index contributed by atoms with van der Waals surface area (Å²) >= 11 is 0. The molecule has 0 bridgehead atoms. The Bertz CT molecular complexity index is 586. The van der Waals surface area contributed by atoms with Crippen LogP contribution in [0.5, 0.6) is 0 Å². The molecule has 2 N–H and O–H groups in total. The highest BCUT2D eigenvalue weighted by Gasteiger charge is 2.08. The molecule has 0 aromatic heterocycles. The highest BCUT2D eigenvalue weighted by Crippen LogP contribution is 2.10. The Kier molecular flexibility index (Phi) is 5.46. The summed E-state index contributed by atoms with van der Waals surface area (Å²) in [5.41, 5.74) is 1.61. The van der Waals surface area contributed by atoms with Gasteiger partial charge in [-0.05, 0) is 18.6 Å². The van der Waals surface area contributed by atoms with Gasteiger partial charge in [0, 0.05) is 18.2 Å². The summed E-state index contributed by atoms with van der Waals surface area (Å²) in [6, 6.07) is 16.4. The van der Waals surface area contributed by atoms with Crippen LogP contribution >= 0.6 is 0 Å². The first-order chi connectivity index (χ1) is 10.2. The quantitative estimate of drug-likeness (QED) is 0.857. The summed E-state index contributed by atoms with van der Waals surface area (Å²) in [4.78, 5) is 11.8. The van der Waals surface area contributed by atoms with Gasteiger partial charge in [0.1, 0.15) is 5.82 Å². The molecule has 4 heteroatoms. The zero-order chi connectivity index (χ0) is 15.1. The van der Waals surface area contributed by atoms with Crippen LogP contribution in [-0.2, 0) is 11.3 Å². The van der Waals surface area contributed by atoms with Gasteiger partial charge >= 0.3 is 0 Å². The Balaban J connectivity index is 1.76. The van der Waals surface area contributed by atoms with Crippen LogP contribution in [0.2, 0.25) is 0 Å². The van der Waals surface area contributed by atoms with Crippen molar-refractivity contribution in [3.8, 4) is 0 Å². The minimum absolute atomic E-state index is 0.0883. The maximum Gasteiger partial charge on any atom is 0.234 e. The van der Waals surface area contributed by atoms with E-state index in [9.17, 15) is 9.18 Å².